The number of hydrogen-bond acceptors (Lipinski definition) is 6. The van der Waals surface area contributed by atoms with E-state index >= 15 is 0 Å². The predicted molar refractivity (Wildman–Crippen MR) is 107 cm³/mol. The van der Waals surface area contributed by atoms with E-state index in [2.05, 4.69) is 16.9 Å². The molecule has 1 aromatic heterocycles. The number of benzene rings is 1. The van der Waals surface area contributed by atoms with Gasteiger partial charge in [0.15, 0.2) is 17.9 Å². The number of phenols is 1. The zero-order chi connectivity index (χ0) is 19.6. The van der Waals surface area contributed by atoms with Crippen LogP contribution in [0, 0.1) is 0 Å². The third-order valence-electron chi connectivity index (χ3n) is 4.80. The zero-order valence-corrected chi connectivity index (χ0v) is 16.5. The van der Waals surface area contributed by atoms with Crippen LogP contribution < -0.4 is 4.74 Å². The molecule has 0 bridgehead atoms. The monoisotopic (exact) mass is 386 g/mol. The maximum absolute atomic E-state index is 9.38. The lowest BCUT2D eigenvalue weighted by molar-refractivity contribution is -0.194. The van der Waals surface area contributed by atoms with E-state index in [1.165, 1.54) is 12.8 Å². The van der Waals surface area contributed by atoms with Crippen molar-refractivity contribution in [3.05, 3.63) is 36.7 Å². The molecule has 0 saturated carbocycles. The summed E-state index contributed by atoms with van der Waals surface area (Å²) in [6.45, 7) is 3.44. The Morgan fingerprint density at radius 3 is 2.61 bits per heavy atom. The number of aromatic nitrogens is 2. The Kier molecular flexibility index (Phi) is 8.06. The summed E-state index contributed by atoms with van der Waals surface area (Å²) in [4.78, 5) is 8.73. The quantitative estimate of drug-likeness (QED) is 0.596. The summed E-state index contributed by atoms with van der Waals surface area (Å²) in [7, 11) is 0. The van der Waals surface area contributed by atoms with Crippen molar-refractivity contribution in [2.75, 3.05) is 13.2 Å². The standard InChI is InChI=1S/C22H30N2O4/c1-2-3-4-7-19(28-21-8-5-6-13-26-21)16-27-20-14-23-22(24-15-20)17-9-11-18(25)12-10-17/h9-12,14-15,19,21,25H,2-8,13,16H2,1H3/t19-,21?/m1/s1. The molecule has 0 radical (unpaired) electrons. The summed E-state index contributed by atoms with van der Waals surface area (Å²) in [5, 5.41) is 9.38. The summed E-state index contributed by atoms with van der Waals surface area (Å²) in [5.41, 5.74) is 0.847. The molecule has 1 aliphatic heterocycles. The lowest BCUT2D eigenvalue weighted by atomic mass is 10.1. The Morgan fingerprint density at radius 1 is 1.14 bits per heavy atom. The molecule has 2 aromatic rings. The highest BCUT2D eigenvalue weighted by Crippen LogP contribution is 2.21. The first kappa shape index (κ1) is 20.6. The van der Waals surface area contributed by atoms with Gasteiger partial charge in [-0.05, 0) is 49.9 Å². The topological polar surface area (TPSA) is 73.7 Å². The predicted octanol–water partition coefficient (Wildman–Crippen LogP) is 4.72. The Bertz CT molecular complexity index is 685. The van der Waals surface area contributed by atoms with Crippen molar-refractivity contribution in [1.82, 2.24) is 9.97 Å². The number of hydrogen-bond donors (Lipinski definition) is 1. The van der Waals surface area contributed by atoms with Gasteiger partial charge in [0, 0.05) is 12.2 Å². The minimum Gasteiger partial charge on any atom is -0.508 e. The number of aromatic hydroxyl groups is 1. The number of ether oxygens (including phenoxy) is 3. The summed E-state index contributed by atoms with van der Waals surface area (Å²) >= 11 is 0. The molecule has 1 aliphatic rings. The SMILES string of the molecule is CCCCC[C@H](COc1cnc(-c2ccc(O)cc2)nc1)OC1CCCCO1. The molecule has 3 rings (SSSR count). The van der Waals surface area contributed by atoms with E-state index in [0.717, 1.165) is 44.3 Å². The van der Waals surface area contributed by atoms with Gasteiger partial charge >= 0.3 is 0 Å². The molecule has 0 amide bonds. The van der Waals surface area contributed by atoms with E-state index in [9.17, 15) is 5.11 Å². The Labute approximate surface area is 166 Å². The molecule has 1 N–H and O–H groups in total. The molecule has 0 aliphatic carbocycles. The van der Waals surface area contributed by atoms with Crippen molar-refractivity contribution < 1.29 is 19.3 Å². The lowest BCUT2D eigenvalue weighted by Crippen LogP contribution is -2.31. The molecule has 0 spiro atoms. The Hall–Kier alpha value is -2.18. The minimum absolute atomic E-state index is 0.00595. The molecule has 1 unspecified atom stereocenters. The summed E-state index contributed by atoms with van der Waals surface area (Å²) in [6.07, 6.45) is 10.9. The van der Waals surface area contributed by atoms with E-state index in [4.69, 9.17) is 14.2 Å². The van der Waals surface area contributed by atoms with E-state index in [1.54, 1.807) is 36.7 Å². The summed E-state index contributed by atoms with van der Waals surface area (Å²) in [6, 6.07) is 6.81. The van der Waals surface area contributed by atoms with Crippen LogP contribution in [0.4, 0.5) is 0 Å². The number of nitrogens with zero attached hydrogens (tertiary/aromatic N) is 2. The van der Waals surface area contributed by atoms with Crippen molar-refractivity contribution >= 4 is 0 Å². The highest BCUT2D eigenvalue weighted by molar-refractivity contribution is 5.55. The molecular formula is C22H30N2O4. The summed E-state index contributed by atoms with van der Waals surface area (Å²) < 4.78 is 17.8. The van der Waals surface area contributed by atoms with Gasteiger partial charge in [0.1, 0.15) is 12.4 Å². The van der Waals surface area contributed by atoms with Crippen LogP contribution in [0.2, 0.25) is 0 Å². The molecule has 6 heteroatoms. The fourth-order valence-corrected chi connectivity index (χ4v) is 3.19. The Morgan fingerprint density at radius 2 is 1.93 bits per heavy atom. The van der Waals surface area contributed by atoms with Crippen LogP contribution in [0.25, 0.3) is 11.4 Å². The van der Waals surface area contributed by atoms with E-state index in [-0.39, 0.29) is 18.1 Å². The fourth-order valence-electron chi connectivity index (χ4n) is 3.19. The van der Waals surface area contributed by atoms with Gasteiger partial charge in [-0.15, -0.1) is 0 Å². The van der Waals surface area contributed by atoms with Gasteiger partial charge < -0.3 is 19.3 Å². The van der Waals surface area contributed by atoms with Gasteiger partial charge in [0.2, 0.25) is 0 Å². The number of rotatable bonds is 10. The highest BCUT2D eigenvalue weighted by Gasteiger charge is 2.20. The van der Waals surface area contributed by atoms with Crippen LogP contribution in [0.3, 0.4) is 0 Å². The Balaban J connectivity index is 1.54. The van der Waals surface area contributed by atoms with Crippen LogP contribution in [0.1, 0.15) is 51.9 Å². The molecule has 6 nitrogen and oxygen atoms in total. The fraction of sp³-hybridized carbons (Fsp3) is 0.545. The molecule has 28 heavy (non-hydrogen) atoms. The number of unbranched alkanes of at least 4 members (excludes halogenated alkanes) is 2. The third-order valence-corrected chi connectivity index (χ3v) is 4.80. The average Bonchev–Trinajstić information content (AvgIpc) is 2.74. The first-order chi connectivity index (χ1) is 13.7. The van der Waals surface area contributed by atoms with Crippen LogP contribution in [-0.2, 0) is 9.47 Å². The second-order valence-electron chi connectivity index (χ2n) is 7.15. The molecule has 1 fully saturated rings. The van der Waals surface area contributed by atoms with Gasteiger partial charge in [0.05, 0.1) is 18.5 Å². The van der Waals surface area contributed by atoms with Crippen LogP contribution in [-0.4, -0.2) is 40.7 Å². The second-order valence-corrected chi connectivity index (χ2v) is 7.15. The molecule has 152 valence electrons. The largest absolute Gasteiger partial charge is 0.508 e. The van der Waals surface area contributed by atoms with Crippen LogP contribution in [0.15, 0.2) is 36.7 Å². The lowest BCUT2D eigenvalue weighted by Gasteiger charge is -2.27. The molecule has 1 saturated heterocycles. The van der Waals surface area contributed by atoms with Crippen molar-refractivity contribution in [1.29, 1.82) is 0 Å². The maximum Gasteiger partial charge on any atom is 0.159 e. The van der Waals surface area contributed by atoms with Gasteiger partial charge in [-0.2, -0.15) is 0 Å². The van der Waals surface area contributed by atoms with Gasteiger partial charge in [-0.3, -0.25) is 0 Å². The second kappa shape index (κ2) is 11.0. The van der Waals surface area contributed by atoms with E-state index < -0.39 is 0 Å². The van der Waals surface area contributed by atoms with E-state index in [1.807, 2.05) is 0 Å². The first-order valence-corrected chi connectivity index (χ1v) is 10.3. The van der Waals surface area contributed by atoms with Crippen molar-refractivity contribution in [3.8, 4) is 22.9 Å². The highest BCUT2D eigenvalue weighted by atomic mass is 16.7. The van der Waals surface area contributed by atoms with Gasteiger partial charge in [-0.25, -0.2) is 9.97 Å². The van der Waals surface area contributed by atoms with Crippen LogP contribution >= 0.6 is 0 Å². The third kappa shape index (κ3) is 6.46. The van der Waals surface area contributed by atoms with Crippen molar-refractivity contribution in [3.63, 3.8) is 0 Å². The van der Waals surface area contributed by atoms with Gasteiger partial charge in [0.25, 0.3) is 0 Å². The van der Waals surface area contributed by atoms with Crippen LogP contribution in [0.5, 0.6) is 11.5 Å². The van der Waals surface area contributed by atoms with E-state index in [0.29, 0.717) is 18.2 Å². The summed E-state index contributed by atoms with van der Waals surface area (Å²) in [5.74, 6) is 1.44. The average molecular weight is 386 g/mol. The number of phenolic OH excluding ortho intramolecular Hbond substituents is 1. The minimum atomic E-state index is -0.114. The molecular weight excluding hydrogens is 356 g/mol. The first-order valence-electron chi connectivity index (χ1n) is 10.3. The maximum atomic E-state index is 9.38. The van der Waals surface area contributed by atoms with Gasteiger partial charge in [-0.1, -0.05) is 26.2 Å². The molecule has 2 heterocycles. The molecule has 1 aromatic carbocycles. The normalized spacial score (nSPS) is 18.0. The zero-order valence-electron chi connectivity index (χ0n) is 16.5. The smallest absolute Gasteiger partial charge is 0.159 e. The van der Waals surface area contributed by atoms with Crippen molar-refractivity contribution in [2.24, 2.45) is 0 Å². The van der Waals surface area contributed by atoms with Crippen molar-refractivity contribution in [2.45, 2.75) is 64.3 Å². The molecule has 2 atom stereocenters.